The van der Waals surface area contributed by atoms with Crippen molar-refractivity contribution in [1.29, 1.82) is 0 Å². The number of carbonyl (C=O) groups is 1. The maximum Gasteiger partial charge on any atom is 0.168 e. The molecule has 1 aliphatic heterocycles. The van der Waals surface area contributed by atoms with E-state index < -0.39 is 0 Å². The molecule has 5 heteroatoms. The molecule has 2 nitrogen and oxygen atoms in total. The Morgan fingerprint density at radius 1 is 1.19 bits per heavy atom. The lowest BCUT2D eigenvalue weighted by molar-refractivity contribution is 0.0992. The SMILES string of the molecule is O=C(Cc1cc(Br)cc2c1OCC2)c1cc(Br)ccc1Cl. The molecule has 0 atom stereocenters. The van der Waals surface area contributed by atoms with Gasteiger partial charge in [0.15, 0.2) is 5.78 Å². The van der Waals surface area contributed by atoms with Crippen molar-refractivity contribution in [3.05, 3.63) is 61.0 Å². The molecule has 0 amide bonds. The highest BCUT2D eigenvalue weighted by Crippen LogP contribution is 2.34. The predicted octanol–water partition coefficient (Wildman–Crippen LogP) is 5.23. The molecule has 3 rings (SSSR count). The van der Waals surface area contributed by atoms with E-state index in [-0.39, 0.29) is 12.2 Å². The van der Waals surface area contributed by atoms with E-state index in [1.807, 2.05) is 18.2 Å². The average molecular weight is 431 g/mol. The standard InChI is InChI=1S/C16H11Br2ClO2/c17-11-1-2-14(19)13(8-11)15(20)7-10-6-12(18)5-9-3-4-21-16(9)10/h1-2,5-6,8H,3-4,7H2. The van der Waals surface area contributed by atoms with Crippen molar-refractivity contribution in [3.8, 4) is 5.75 Å². The number of Topliss-reactive ketones (excluding diaryl/α,β-unsaturated/α-hetero) is 1. The number of halogens is 3. The van der Waals surface area contributed by atoms with Gasteiger partial charge in [-0.25, -0.2) is 0 Å². The van der Waals surface area contributed by atoms with Gasteiger partial charge in [-0.2, -0.15) is 0 Å². The van der Waals surface area contributed by atoms with E-state index in [4.69, 9.17) is 16.3 Å². The molecule has 0 saturated carbocycles. The molecule has 0 N–H and O–H groups in total. The van der Waals surface area contributed by atoms with Gasteiger partial charge < -0.3 is 4.74 Å². The van der Waals surface area contributed by atoms with Gasteiger partial charge in [0.05, 0.1) is 11.6 Å². The van der Waals surface area contributed by atoms with Crippen molar-refractivity contribution in [2.75, 3.05) is 6.61 Å². The Morgan fingerprint density at radius 2 is 2.00 bits per heavy atom. The van der Waals surface area contributed by atoms with Crippen LogP contribution in [0.15, 0.2) is 39.3 Å². The highest BCUT2D eigenvalue weighted by atomic mass is 79.9. The summed E-state index contributed by atoms with van der Waals surface area (Å²) in [4.78, 5) is 12.5. The van der Waals surface area contributed by atoms with Gasteiger partial charge >= 0.3 is 0 Å². The third-order valence-electron chi connectivity index (χ3n) is 3.41. The van der Waals surface area contributed by atoms with Gasteiger partial charge in [-0.05, 0) is 35.9 Å². The third-order valence-corrected chi connectivity index (χ3v) is 4.69. The molecule has 0 fully saturated rings. The zero-order valence-corrected chi connectivity index (χ0v) is 14.9. The van der Waals surface area contributed by atoms with E-state index >= 15 is 0 Å². The van der Waals surface area contributed by atoms with Crippen LogP contribution in [-0.4, -0.2) is 12.4 Å². The molecular formula is C16H11Br2ClO2. The fourth-order valence-electron chi connectivity index (χ4n) is 2.46. The molecule has 2 aromatic rings. The fraction of sp³-hybridized carbons (Fsp3) is 0.188. The molecule has 0 spiro atoms. The number of hydrogen-bond acceptors (Lipinski definition) is 2. The second-order valence-corrected chi connectivity index (χ2v) is 7.11. The Morgan fingerprint density at radius 3 is 2.81 bits per heavy atom. The molecule has 0 bridgehead atoms. The third kappa shape index (κ3) is 3.17. The van der Waals surface area contributed by atoms with Crippen molar-refractivity contribution in [2.24, 2.45) is 0 Å². The van der Waals surface area contributed by atoms with Gasteiger partial charge in [-0.15, -0.1) is 0 Å². The van der Waals surface area contributed by atoms with Crippen LogP contribution in [-0.2, 0) is 12.8 Å². The first-order valence-electron chi connectivity index (χ1n) is 6.47. The lowest BCUT2D eigenvalue weighted by Gasteiger charge is -2.09. The van der Waals surface area contributed by atoms with E-state index in [9.17, 15) is 4.79 Å². The van der Waals surface area contributed by atoms with E-state index in [1.54, 1.807) is 12.1 Å². The molecule has 21 heavy (non-hydrogen) atoms. The highest BCUT2D eigenvalue weighted by molar-refractivity contribution is 9.10. The van der Waals surface area contributed by atoms with Gasteiger partial charge in [0.2, 0.25) is 0 Å². The van der Waals surface area contributed by atoms with Crippen LogP contribution in [0, 0.1) is 0 Å². The minimum atomic E-state index is -0.0166. The number of rotatable bonds is 3. The summed E-state index contributed by atoms with van der Waals surface area (Å²) >= 11 is 13.0. The largest absolute Gasteiger partial charge is 0.493 e. The van der Waals surface area contributed by atoms with Gasteiger partial charge in [-0.1, -0.05) is 43.5 Å². The molecule has 1 aliphatic rings. The maximum atomic E-state index is 12.5. The normalized spacial score (nSPS) is 12.9. The summed E-state index contributed by atoms with van der Waals surface area (Å²) in [6, 6.07) is 9.28. The minimum absolute atomic E-state index is 0.0166. The number of carbonyl (C=O) groups excluding carboxylic acids is 1. The summed E-state index contributed by atoms with van der Waals surface area (Å²) in [5.74, 6) is 0.828. The molecule has 0 aromatic heterocycles. The van der Waals surface area contributed by atoms with Crippen LogP contribution >= 0.6 is 43.5 Å². The molecule has 1 heterocycles. The summed E-state index contributed by atoms with van der Waals surface area (Å²) in [5, 5.41) is 0.468. The summed E-state index contributed by atoms with van der Waals surface area (Å²) in [7, 11) is 0. The quantitative estimate of drug-likeness (QED) is 0.624. The van der Waals surface area contributed by atoms with Gasteiger partial charge in [0.1, 0.15) is 5.75 Å². The Bertz CT molecular complexity index is 728. The molecule has 108 valence electrons. The van der Waals surface area contributed by atoms with E-state index in [0.29, 0.717) is 17.2 Å². The van der Waals surface area contributed by atoms with Gasteiger partial charge in [-0.3, -0.25) is 4.79 Å². The number of fused-ring (bicyclic) bond motifs is 1. The van der Waals surface area contributed by atoms with E-state index in [1.165, 1.54) is 0 Å². The van der Waals surface area contributed by atoms with Gasteiger partial charge in [0, 0.05) is 32.9 Å². The second kappa shape index (κ2) is 6.11. The first kappa shape index (κ1) is 15.1. The molecule has 2 aromatic carbocycles. The Labute approximate surface area is 144 Å². The van der Waals surface area contributed by atoms with Crippen LogP contribution in [0.3, 0.4) is 0 Å². The summed E-state index contributed by atoms with van der Waals surface area (Å²) in [5.41, 5.74) is 2.57. The molecule has 0 radical (unpaired) electrons. The van der Waals surface area contributed by atoms with Crippen LogP contribution in [0.4, 0.5) is 0 Å². The Kier molecular flexibility index (Phi) is 4.38. The highest BCUT2D eigenvalue weighted by Gasteiger charge is 2.20. The molecule has 0 unspecified atom stereocenters. The van der Waals surface area contributed by atoms with Crippen molar-refractivity contribution >= 4 is 49.2 Å². The minimum Gasteiger partial charge on any atom is -0.493 e. The van der Waals surface area contributed by atoms with Crippen molar-refractivity contribution < 1.29 is 9.53 Å². The van der Waals surface area contributed by atoms with Crippen molar-refractivity contribution in [3.63, 3.8) is 0 Å². The zero-order chi connectivity index (χ0) is 15.0. The van der Waals surface area contributed by atoms with Crippen LogP contribution in [0.5, 0.6) is 5.75 Å². The van der Waals surface area contributed by atoms with Crippen LogP contribution in [0.2, 0.25) is 5.02 Å². The molecule has 0 saturated heterocycles. The molecule has 0 aliphatic carbocycles. The van der Waals surface area contributed by atoms with E-state index in [2.05, 4.69) is 31.9 Å². The molecular weight excluding hydrogens is 419 g/mol. The first-order chi connectivity index (χ1) is 10.0. The Balaban J connectivity index is 1.94. The summed E-state index contributed by atoms with van der Waals surface area (Å²) in [6.07, 6.45) is 1.16. The lowest BCUT2D eigenvalue weighted by Crippen LogP contribution is -2.06. The van der Waals surface area contributed by atoms with Crippen molar-refractivity contribution in [2.45, 2.75) is 12.8 Å². The van der Waals surface area contributed by atoms with Crippen LogP contribution in [0.25, 0.3) is 0 Å². The first-order valence-corrected chi connectivity index (χ1v) is 8.43. The summed E-state index contributed by atoms with van der Waals surface area (Å²) < 4.78 is 7.47. The summed E-state index contributed by atoms with van der Waals surface area (Å²) in [6.45, 7) is 0.671. The average Bonchev–Trinajstić information content (AvgIpc) is 2.89. The lowest BCUT2D eigenvalue weighted by atomic mass is 10.00. The van der Waals surface area contributed by atoms with Crippen molar-refractivity contribution in [1.82, 2.24) is 0 Å². The number of benzene rings is 2. The number of ether oxygens (including phenoxy) is 1. The predicted molar refractivity (Wildman–Crippen MR) is 90.5 cm³/mol. The number of hydrogen-bond donors (Lipinski definition) is 0. The van der Waals surface area contributed by atoms with Crippen LogP contribution in [0.1, 0.15) is 21.5 Å². The maximum absolute atomic E-state index is 12.5. The zero-order valence-electron chi connectivity index (χ0n) is 11.0. The van der Waals surface area contributed by atoms with E-state index in [0.717, 1.165) is 32.2 Å². The second-order valence-electron chi connectivity index (χ2n) is 4.88. The van der Waals surface area contributed by atoms with Gasteiger partial charge in [0.25, 0.3) is 0 Å². The topological polar surface area (TPSA) is 26.3 Å². The van der Waals surface area contributed by atoms with Crippen LogP contribution < -0.4 is 4.74 Å². The smallest absolute Gasteiger partial charge is 0.168 e. The fourth-order valence-corrected chi connectivity index (χ4v) is 3.59. The Hall–Kier alpha value is -0.840. The number of ketones is 1. The monoisotopic (exact) mass is 428 g/mol.